The van der Waals surface area contributed by atoms with Crippen molar-refractivity contribution in [3.8, 4) is 0 Å². The zero-order valence-electron chi connectivity index (χ0n) is 10.8. The smallest absolute Gasteiger partial charge is 0.340 e. The molecule has 6 nitrogen and oxygen atoms in total. The number of aromatic nitrogens is 1. The first-order chi connectivity index (χ1) is 10.1. The van der Waals surface area contributed by atoms with Gasteiger partial charge in [0.15, 0.2) is 0 Å². The standard InChI is InChI=1S/C14H12FN3O3/c15-10-2-1-3-11(12(10)13(19)20)18-14(21)17-8-9-4-6-16-7-5-9/h1-7H,8H2,(H,19,20)(H2,17,18,21). The van der Waals surface area contributed by atoms with E-state index in [4.69, 9.17) is 5.11 Å². The highest BCUT2D eigenvalue weighted by Gasteiger charge is 2.17. The van der Waals surface area contributed by atoms with Crippen LogP contribution in [0.5, 0.6) is 0 Å². The Bertz CT molecular complexity index is 662. The van der Waals surface area contributed by atoms with Gasteiger partial charge in [-0.1, -0.05) is 6.07 Å². The molecule has 0 unspecified atom stereocenters. The number of hydrogen-bond donors (Lipinski definition) is 3. The van der Waals surface area contributed by atoms with Gasteiger partial charge in [0.25, 0.3) is 0 Å². The molecule has 108 valence electrons. The Morgan fingerprint density at radius 1 is 1.19 bits per heavy atom. The number of rotatable bonds is 4. The van der Waals surface area contributed by atoms with Crippen LogP contribution in [0, 0.1) is 5.82 Å². The van der Waals surface area contributed by atoms with E-state index in [1.165, 1.54) is 12.1 Å². The van der Waals surface area contributed by atoms with Crippen LogP contribution in [0.4, 0.5) is 14.9 Å². The fourth-order valence-corrected chi connectivity index (χ4v) is 1.70. The third kappa shape index (κ3) is 3.75. The molecule has 0 aliphatic rings. The predicted octanol–water partition coefficient (Wildman–Crippen LogP) is 2.24. The molecule has 0 saturated heterocycles. The zero-order valence-corrected chi connectivity index (χ0v) is 10.8. The Morgan fingerprint density at radius 3 is 2.57 bits per heavy atom. The summed E-state index contributed by atoms with van der Waals surface area (Å²) in [6.07, 6.45) is 3.17. The first-order valence-corrected chi connectivity index (χ1v) is 6.03. The molecule has 0 aliphatic carbocycles. The summed E-state index contributed by atoms with van der Waals surface area (Å²) in [5, 5.41) is 13.8. The lowest BCUT2D eigenvalue weighted by atomic mass is 10.1. The number of aromatic carboxylic acids is 1. The number of carboxylic acids is 1. The molecule has 0 bridgehead atoms. The van der Waals surface area contributed by atoms with Crippen LogP contribution in [0.1, 0.15) is 15.9 Å². The molecule has 0 aliphatic heterocycles. The van der Waals surface area contributed by atoms with Crippen molar-refractivity contribution in [2.24, 2.45) is 0 Å². The third-order valence-corrected chi connectivity index (χ3v) is 2.68. The molecule has 0 spiro atoms. The molecule has 21 heavy (non-hydrogen) atoms. The van der Waals surface area contributed by atoms with Crippen LogP contribution in [0.3, 0.4) is 0 Å². The normalized spacial score (nSPS) is 9.95. The van der Waals surface area contributed by atoms with E-state index in [2.05, 4.69) is 15.6 Å². The maximum absolute atomic E-state index is 13.4. The summed E-state index contributed by atoms with van der Waals surface area (Å²) >= 11 is 0. The Kier molecular flexibility index (Phi) is 4.45. The van der Waals surface area contributed by atoms with Crippen molar-refractivity contribution in [2.75, 3.05) is 5.32 Å². The molecule has 0 saturated carbocycles. The summed E-state index contributed by atoms with van der Waals surface area (Å²) in [5.74, 6) is -2.35. The van der Waals surface area contributed by atoms with Gasteiger partial charge in [0, 0.05) is 18.9 Å². The second-order valence-corrected chi connectivity index (χ2v) is 4.13. The zero-order chi connectivity index (χ0) is 15.2. The number of carbonyl (C=O) groups is 2. The number of amides is 2. The van der Waals surface area contributed by atoms with Crippen molar-refractivity contribution in [1.29, 1.82) is 0 Å². The van der Waals surface area contributed by atoms with E-state index in [1.54, 1.807) is 24.5 Å². The number of carboxylic acid groups (broad SMARTS) is 1. The highest BCUT2D eigenvalue weighted by molar-refractivity contribution is 6.00. The fraction of sp³-hybridized carbons (Fsp3) is 0.0714. The largest absolute Gasteiger partial charge is 0.478 e. The van der Waals surface area contributed by atoms with Gasteiger partial charge in [-0.25, -0.2) is 14.0 Å². The van der Waals surface area contributed by atoms with E-state index in [0.717, 1.165) is 11.6 Å². The molecule has 2 amide bonds. The quantitative estimate of drug-likeness (QED) is 0.805. The van der Waals surface area contributed by atoms with Gasteiger partial charge in [-0.3, -0.25) is 4.98 Å². The van der Waals surface area contributed by atoms with E-state index < -0.39 is 23.4 Å². The maximum atomic E-state index is 13.4. The lowest BCUT2D eigenvalue weighted by Gasteiger charge is -2.10. The Labute approximate surface area is 119 Å². The summed E-state index contributed by atoms with van der Waals surface area (Å²) in [4.78, 5) is 26.5. The summed E-state index contributed by atoms with van der Waals surface area (Å²) in [5.41, 5.74) is 0.157. The first kappa shape index (κ1) is 14.4. The fourth-order valence-electron chi connectivity index (χ4n) is 1.70. The van der Waals surface area contributed by atoms with Crippen molar-refractivity contribution in [3.63, 3.8) is 0 Å². The van der Waals surface area contributed by atoms with Crippen molar-refractivity contribution >= 4 is 17.7 Å². The first-order valence-electron chi connectivity index (χ1n) is 6.03. The Hall–Kier alpha value is -2.96. The highest BCUT2D eigenvalue weighted by Crippen LogP contribution is 2.18. The van der Waals surface area contributed by atoms with E-state index >= 15 is 0 Å². The summed E-state index contributed by atoms with van der Waals surface area (Å²) in [6.45, 7) is 0.242. The van der Waals surface area contributed by atoms with Gasteiger partial charge in [0.05, 0.1) is 5.69 Å². The molecule has 2 aromatic rings. The van der Waals surface area contributed by atoms with E-state index in [1.807, 2.05) is 0 Å². The molecule has 3 N–H and O–H groups in total. The minimum Gasteiger partial charge on any atom is -0.478 e. The topological polar surface area (TPSA) is 91.3 Å². The van der Waals surface area contributed by atoms with E-state index in [-0.39, 0.29) is 12.2 Å². The van der Waals surface area contributed by atoms with Crippen LogP contribution < -0.4 is 10.6 Å². The lowest BCUT2D eigenvalue weighted by molar-refractivity contribution is 0.0693. The van der Waals surface area contributed by atoms with Gasteiger partial charge in [-0.05, 0) is 29.8 Å². The molecule has 2 rings (SSSR count). The van der Waals surface area contributed by atoms with Gasteiger partial charge in [-0.15, -0.1) is 0 Å². The number of nitrogens with zero attached hydrogens (tertiary/aromatic N) is 1. The van der Waals surface area contributed by atoms with Crippen molar-refractivity contribution in [2.45, 2.75) is 6.54 Å². The molecule has 1 heterocycles. The van der Waals surface area contributed by atoms with Gasteiger partial charge in [-0.2, -0.15) is 0 Å². The minimum absolute atomic E-state index is 0.102. The molecule has 0 atom stereocenters. The monoisotopic (exact) mass is 289 g/mol. The van der Waals surface area contributed by atoms with Crippen LogP contribution in [-0.4, -0.2) is 22.1 Å². The number of pyridine rings is 1. The SMILES string of the molecule is O=C(NCc1ccncc1)Nc1cccc(F)c1C(=O)O. The molecule has 0 radical (unpaired) electrons. The number of hydrogen-bond acceptors (Lipinski definition) is 3. The van der Waals surface area contributed by atoms with Crippen molar-refractivity contribution < 1.29 is 19.1 Å². The number of benzene rings is 1. The second kappa shape index (κ2) is 6.47. The third-order valence-electron chi connectivity index (χ3n) is 2.68. The van der Waals surface area contributed by atoms with Crippen molar-refractivity contribution in [3.05, 3.63) is 59.7 Å². The van der Waals surface area contributed by atoms with Gasteiger partial charge < -0.3 is 15.7 Å². The second-order valence-electron chi connectivity index (χ2n) is 4.13. The highest BCUT2D eigenvalue weighted by atomic mass is 19.1. The van der Waals surface area contributed by atoms with Crippen LogP contribution in [0.25, 0.3) is 0 Å². The van der Waals surface area contributed by atoms with Gasteiger partial charge in [0.2, 0.25) is 0 Å². The molecular weight excluding hydrogens is 277 g/mol. The van der Waals surface area contributed by atoms with E-state index in [0.29, 0.717) is 0 Å². The molecule has 0 fully saturated rings. The number of halogens is 1. The van der Waals surface area contributed by atoms with E-state index in [9.17, 15) is 14.0 Å². The molecule has 7 heteroatoms. The number of urea groups is 1. The van der Waals surface area contributed by atoms with Crippen LogP contribution >= 0.6 is 0 Å². The summed E-state index contributed by atoms with van der Waals surface area (Å²) < 4.78 is 13.4. The van der Waals surface area contributed by atoms with Gasteiger partial charge >= 0.3 is 12.0 Å². The maximum Gasteiger partial charge on any atom is 0.340 e. The average Bonchev–Trinajstić information content (AvgIpc) is 2.46. The Balaban J connectivity index is 2.03. The molecule has 1 aromatic heterocycles. The summed E-state index contributed by atoms with van der Waals surface area (Å²) in [6, 6.07) is 6.48. The predicted molar refractivity (Wildman–Crippen MR) is 73.5 cm³/mol. The van der Waals surface area contributed by atoms with Gasteiger partial charge in [0.1, 0.15) is 11.4 Å². The minimum atomic E-state index is -1.45. The summed E-state index contributed by atoms with van der Waals surface area (Å²) in [7, 11) is 0. The number of anilines is 1. The number of carbonyl (C=O) groups excluding carboxylic acids is 1. The van der Waals surface area contributed by atoms with Crippen LogP contribution in [0.15, 0.2) is 42.7 Å². The van der Waals surface area contributed by atoms with Crippen LogP contribution in [0.2, 0.25) is 0 Å². The molecule has 1 aromatic carbocycles. The average molecular weight is 289 g/mol. The number of nitrogens with one attached hydrogen (secondary N) is 2. The lowest BCUT2D eigenvalue weighted by Crippen LogP contribution is -2.29. The molecular formula is C14H12FN3O3. The Morgan fingerprint density at radius 2 is 1.90 bits per heavy atom. The van der Waals surface area contributed by atoms with Crippen LogP contribution in [-0.2, 0) is 6.54 Å². The van der Waals surface area contributed by atoms with Crippen molar-refractivity contribution in [1.82, 2.24) is 10.3 Å².